The third-order valence-electron chi connectivity index (χ3n) is 2.54. The maximum atomic E-state index is 5.38. The number of nitrogens with zero attached hydrogens (tertiary/aromatic N) is 1. The predicted molar refractivity (Wildman–Crippen MR) is 70.7 cm³/mol. The molecular formula is C13H26ClN. The van der Waals surface area contributed by atoms with Crippen LogP contribution in [0.3, 0.4) is 0 Å². The van der Waals surface area contributed by atoms with Crippen molar-refractivity contribution in [2.75, 3.05) is 25.5 Å². The van der Waals surface area contributed by atoms with E-state index in [9.17, 15) is 0 Å². The topological polar surface area (TPSA) is 3.24 Å². The fourth-order valence-corrected chi connectivity index (χ4v) is 1.75. The van der Waals surface area contributed by atoms with Crippen LogP contribution < -0.4 is 0 Å². The Morgan fingerprint density at radius 2 is 1.87 bits per heavy atom. The average Bonchev–Trinajstić information content (AvgIpc) is 2.77. The van der Waals surface area contributed by atoms with Gasteiger partial charge in [0.1, 0.15) is 0 Å². The molecule has 15 heavy (non-hydrogen) atoms. The summed E-state index contributed by atoms with van der Waals surface area (Å²) in [4.78, 5) is 2.49. The predicted octanol–water partition coefficient (Wildman–Crippen LogP) is 4.07. The highest BCUT2D eigenvalue weighted by atomic mass is 35.5. The smallest absolute Gasteiger partial charge is 0.0223 e. The van der Waals surface area contributed by atoms with Gasteiger partial charge in [0.05, 0.1) is 0 Å². The second kappa shape index (κ2) is 12.1. The van der Waals surface area contributed by atoms with Crippen LogP contribution in [-0.4, -0.2) is 30.4 Å². The lowest BCUT2D eigenvalue weighted by molar-refractivity contribution is 0.377. The van der Waals surface area contributed by atoms with Crippen LogP contribution in [0.15, 0.2) is 12.2 Å². The first-order valence-corrected chi connectivity index (χ1v) is 6.78. The normalized spacial score (nSPS) is 16.7. The summed E-state index contributed by atoms with van der Waals surface area (Å²) in [6.07, 6.45) is 10.9. The molecule has 0 spiro atoms. The minimum atomic E-state index is 0.827. The highest BCUT2D eigenvalue weighted by molar-refractivity contribution is 6.17. The fraction of sp³-hybridized carbons (Fsp3) is 0.846. The van der Waals surface area contributed by atoms with Gasteiger partial charge >= 0.3 is 0 Å². The standard InChI is InChI=1S/C8H15N.C5H11Cl/c1-2-3-6-9-7-4-5-8-9;1-2-3-4-5-6/h2-3H,4-8H2,1H3;2-5H2,1H3/b3-2+;. The van der Waals surface area contributed by atoms with Gasteiger partial charge in [0.15, 0.2) is 0 Å². The number of hydrogen-bond donors (Lipinski definition) is 0. The first-order chi connectivity index (χ1) is 7.35. The summed E-state index contributed by atoms with van der Waals surface area (Å²) in [7, 11) is 0. The SMILES string of the molecule is C/C=C/CN1CCCC1.CCCCCCl. The first-order valence-electron chi connectivity index (χ1n) is 6.24. The van der Waals surface area contributed by atoms with Crippen LogP contribution >= 0.6 is 11.6 Å². The molecule has 1 aliphatic rings. The number of unbranched alkanes of at least 4 members (excludes halogenated alkanes) is 2. The summed E-state index contributed by atoms with van der Waals surface area (Å²) >= 11 is 5.38. The van der Waals surface area contributed by atoms with Crippen molar-refractivity contribution >= 4 is 11.6 Å². The van der Waals surface area contributed by atoms with Crippen LogP contribution in [-0.2, 0) is 0 Å². The highest BCUT2D eigenvalue weighted by Crippen LogP contribution is 2.05. The molecule has 0 radical (unpaired) electrons. The number of rotatable bonds is 5. The molecule has 0 aromatic carbocycles. The largest absolute Gasteiger partial charge is 0.300 e. The van der Waals surface area contributed by atoms with Crippen LogP contribution in [0.25, 0.3) is 0 Å². The zero-order chi connectivity index (χ0) is 11.4. The first kappa shape index (κ1) is 15.0. The molecular weight excluding hydrogens is 206 g/mol. The molecule has 1 fully saturated rings. The summed E-state index contributed by atoms with van der Waals surface area (Å²) in [6, 6.07) is 0. The molecule has 1 heterocycles. The fourth-order valence-electron chi connectivity index (χ4n) is 1.56. The molecule has 0 aliphatic carbocycles. The van der Waals surface area contributed by atoms with Gasteiger partial charge in [-0.1, -0.05) is 31.9 Å². The Kier molecular flexibility index (Phi) is 12.1. The third kappa shape index (κ3) is 10.3. The third-order valence-corrected chi connectivity index (χ3v) is 2.80. The number of likely N-dealkylation sites (tertiary alicyclic amines) is 1. The minimum absolute atomic E-state index is 0.827. The minimum Gasteiger partial charge on any atom is -0.300 e. The van der Waals surface area contributed by atoms with Gasteiger partial charge in [0.25, 0.3) is 0 Å². The van der Waals surface area contributed by atoms with E-state index in [4.69, 9.17) is 11.6 Å². The molecule has 90 valence electrons. The maximum absolute atomic E-state index is 5.38. The molecule has 1 rings (SSSR count). The van der Waals surface area contributed by atoms with Gasteiger partial charge in [0, 0.05) is 12.4 Å². The Balaban J connectivity index is 0.000000288. The van der Waals surface area contributed by atoms with E-state index in [0.717, 1.165) is 12.4 Å². The van der Waals surface area contributed by atoms with Gasteiger partial charge in [-0.3, -0.25) is 4.90 Å². The molecule has 0 aromatic rings. The summed E-state index contributed by atoms with van der Waals surface area (Å²) in [5, 5.41) is 0. The number of halogens is 1. The molecule has 0 bridgehead atoms. The zero-order valence-corrected chi connectivity index (χ0v) is 11.1. The average molecular weight is 232 g/mol. The van der Waals surface area contributed by atoms with E-state index >= 15 is 0 Å². The van der Waals surface area contributed by atoms with Gasteiger partial charge in [-0.25, -0.2) is 0 Å². The van der Waals surface area contributed by atoms with Crippen molar-refractivity contribution in [3.63, 3.8) is 0 Å². The molecule has 0 saturated carbocycles. The summed E-state index contributed by atoms with van der Waals surface area (Å²) in [5.41, 5.74) is 0. The summed E-state index contributed by atoms with van der Waals surface area (Å²) in [6.45, 7) is 8.04. The van der Waals surface area contributed by atoms with E-state index in [1.807, 2.05) is 0 Å². The monoisotopic (exact) mass is 231 g/mol. The van der Waals surface area contributed by atoms with Crippen LogP contribution in [0, 0.1) is 0 Å². The van der Waals surface area contributed by atoms with Crippen molar-refractivity contribution in [3.8, 4) is 0 Å². The molecule has 0 atom stereocenters. The number of allylic oxidation sites excluding steroid dienone is 1. The molecule has 1 nitrogen and oxygen atoms in total. The van der Waals surface area contributed by atoms with E-state index in [2.05, 4.69) is 30.9 Å². The summed E-state index contributed by atoms with van der Waals surface area (Å²) in [5.74, 6) is 0.827. The van der Waals surface area contributed by atoms with Crippen molar-refractivity contribution in [1.29, 1.82) is 0 Å². The molecule has 0 aromatic heterocycles. The molecule has 1 aliphatic heterocycles. The highest BCUT2D eigenvalue weighted by Gasteiger charge is 2.07. The van der Waals surface area contributed by atoms with E-state index in [-0.39, 0.29) is 0 Å². The van der Waals surface area contributed by atoms with Gasteiger partial charge in [-0.15, -0.1) is 11.6 Å². The van der Waals surface area contributed by atoms with Crippen molar-refractivity contribution in [3.05, 3.63) is 12.2 Å². The molecule has 1 saturated heterocycles. The van der Waals surface area contributed by atoms with Gasteiger partial charge < -0.3 is 0 Å². The van der Waals surface area contributed by atoms with Crippen molar-refractivity contribution in [1.82, 2.24) is 4.90 Å². The summed E-state index contributed by atoms with van der Waals surface area (Å²) < 4.78 is 0. The van der Waals surface area contributed by atoms with Gasteiger partial charge in [-0.05, 0) is 39.3 Å². The van der Waals surface area contributed by atoms with Crippen molar-refractivity contribution in [2.24, 2.45) is 0 Å². The molecule has 0 N–H and O–H groups in total. The Morgan fingerprint density at radius 1 is 1.20 bits per heavy atom. The lowest BCUT2D eigenvalue weighted by Gasteiger charge is -2.09. The van der Waals surface area contributed by atoms with E-state index < -0.39 is 0 Å². The van der Waals surface area contributed by atoms with E-state index in [1.54, 1.807) is 0 Å². The van der Waals surface area contributed by atoms with E-state index in [1.165, 1.54) is 45.2 Å². The Bertz CT molecular complexity index is 135. The molecule has 0 amide bonds. The number of alkyl halides is 1. The Morgan fingerprint density at radius 3 is 2.27 bits per heavy atom. The lowest BCUT2D eigenvalue weighted by Crippen LogP contribution is -2.18. The Hall–Kier alpha value is -0.0100. The second-order valence-electron chi connectivity index (χ2n) is 3.97. The quantitative estimate of drug-likeness (QED) is 0.392. The molecule has 0 unspecified atom stereocenters. The van der Waals surface area contributed by atoms with Gasteiger partial charge in [0.2, 0.25) is 0 Å². The van der Waals surface area contributed by atoms with Crippen LogP contribution in [0.5, 0.6) is 0 Å². The maximum Gasteiger partial charge on any atom is 0.0223 e. The van der Waals surface area contributed by atoms with E-state index in [0.29, 0.717) is 0 Å². The zero-order valence-electron chi connectivity index (χ0n) is 10.3. The Labute approximate surface area is 100 Å². The molecule has 2 heteroatoms. The number of hydrogen-bond acceptors (Lipinski definition) is 1. The van der Waals surface area contributed by atoms with Crippen molar-refractivity contribution < 1.29 is 0 Å². The van der Waals surface area contributed by atoms with Gasteiger partial charge in [-0.2, -0.15) is 0 Å². The van der Waals surface area contributed by atoms with Crippen molar-refractivity contribution in [2.45, 2.75) is 46.0 Å². The van der Waals surface area contributed by atoms with Crippen LogP contribution in [0.4, 0.5) is 0 Å². The van der Waals surface area contributed by atoms with Crippen LogP contribution in [0.1, 0.15) is 46.0 Å². The lowest BCUT2D eigenvalue weighted by atomic mass is 10.3. The second-order valence-corrected chi connectivity index (χ2v) is 4.35. The van der Waals surface area contributed by atoms with Crippen LogP contribution in [0.2, 0.25) is 0 Å².